The smallest absolute Gasteiger partial charge is 0.153 e. The molecule has 0 unspecified atom stereocenters. The molecule has 0 amide bonds. The van der Waals surface area contributed by atoms with Gasteiger partial charge < -0.3 is 4.74 Å². The van der Waals surface area contributed by atoms with Gasteiger partial charge in [0.05, 0.1) is 17.4 Å². The molecule has 0 saturated carbocycles. The number of rotatable bonds is 7. The molecule has 3 nitrogen and oxygen atoms in total. The van der Waals surface area contributed by atoms with Crippen molar-refractivity contribution in [2.45, 2.75) is 19.2 Å². The number of benzene rings is 1. The van der Waals surface area contributed by atoms with Crippen molar-refractivity contribution < 1.29 is 17.5 Å². The summed E-state index contributed by atoms with van der Waals surface area (Å²) in [6.45, 7) is 1.86. The van der Waals surface area contributed by atoms with Crippen molar-refractivity contribution in [3.05, 3.63) is 29.6 Å². The molecule has 102 valence electrons. The van der Waals surface area contributed by atoms with Crippen LogP contribution in [0.15, 0.2) is 18.2 Å². The Balaban J connectivity index is 2.59. The highest BCUT2D eigenvalue weighted by molar-refractivity contribution is 7.91. The predicted octanol–water partition coefficient (Wildman–Crippen LogP) is 2.77. The van der Waals surface area contributed by atoms with Gasteiger partial charge >= 0.3 is 0 Å². The Morgan fingerprint density at radius 3 is 2.67 bits per heavy atom. The van der Waals surface area contributed by atoms with Crippen LogP contribution in [0.2, 0.25) is 0 Å². The van der Waals surface area contributed by atoms with Gasteiger partial charge in [-0.2, -0.15) is 0 Å². The standard InChI is InChI=1S/C12H16ClFO3S/c1-2-6-18(15,16)7-5-17-12-4-3-11(14)8-10(12)9-13/h3-4,8H,2,5-7,9H2,1H3. The van der Waals surface area contributed by atoms with Crippen LogP contribution in [0.4, 0.5) is 4.39 Å². The molecule has 0 heterocycles. The lowest BCUT2D eigenvalue weighted by Crippen LogP contribution is -2.17. The van der Waals surface area contributed by atoms with E-state index in [1.54, 1.807) is 0 Å². The van der Waals surface area contributed by atoms with E-state index in [1.165, 1.54) is 18.2 Å². The minimum atomic E-state index is -3.06. The SMILES string of the molecule is CCCS(=O)(=O)CCOc1ccc(F)cc1CCl. The van der Waals surface area contributed by atoms with Gasteiger partial charge in [0.25, 0.3) is 0 Å². The van der Waals surface area contributed by atoms with Gasteiger partial charge in [0.1, 0.15) is 18.2 Å². The maximum Gasteiger partial charge on any atom is 0.153 e. The zero-order valence-electron chi connectivity index (χ0n) is 10.2. The van der Waals surface area contributed by atoms with Gasteiger partial charge in [-0.05, 0) is 24.6 Å². The molecular formula is C12H16ClFO3S. The monoisotopic (exact) mass is 294 g/mol. The number of sulfone groups is 1. The molecule has 18 heavy (non-hydrogen) atoms. The highest BCUT2D eigenvalue weighted by Gasteiger charge is 2.10. The summed E-state index contributed by atoms with van der Waals surface area (Å²) in [5, 5.41) is 0. The first kappa shape index (κ1) is 15.2. The van der Waals surface area contributed by atoms with Crippen LogP contribution in [0.5, 0.6) is 5.75 Å². The van der Waals surface area contributed by atoms with Crippen molar-refractivity contribution in [1.29, 1.82) is 0 Å². The van der Waals surface area contributed by atoms with Crippen LogP contribution in [0, 0.1) is 5.82 Å². The lowest BCUT2D eigenvalue weighted by molar-refractivity contribution is 0.337. The van der Waals surface area contributed by atoms with Crippen LogP contribution in [0.1, 0.15) is 18.9 Å². The van der Waals surface area contributed by atoms with Crippen LogP contribution in [-0.4, -0.2) is 26.5 Å². The molecule has 0 saturated heterocycles. The van der Waals surface area contributed by atoms with Gasteiger partial charge in [-0.25, -0.2) is 12.8 Å². The van der Waals surface area contributed by atoms with E-state index < -0.39 is 15.7 Å². The van der Waals surface area contributed by atoms with Crippen LogP contribution >= 0.6 is 11.6 Å². The second kappa shape index (κ2) is 6.95. The van der Waals surface area contributed by atoms with Crippen LogP contribution in [0.3, 0.4) is 0 Å². The van der Waals surface area contributed by atoms with Gasteiger partial charge in [-0.1, -0.05) is 6.92 Å². The molecule has 6 heteroatoms. The first-order valence-corrected chi connectivity index (χ1v) is 8.01. The number of halogens is 2. The zero-order valence-corrected chi connectivity index (χ0v) is 11.7. The van der Waals surface area contributed by atoms with Crippen molar-refractivity contribution in [3.8, 4) is 5.75 Å². The highest BCUT2D eigenvalue weighted by Crippen LogP contribution is 2.21. The van der Waals surface area contributed by atoms with E-state index in [0.717, 1.165) is 0 Å². The predicted molar refractivity (Wildman–Crippen MR) is 70.4 cm³/mol. The molecule has 0 N–H and O–H groups in total. The Hall–Kier alpha value is -0.810. The number of hydrogen-bond acceptors (Lipinski definition) is 3. The van der Waals surface area contributed by atoms with E-state index in [2.05, 4.69) is 0 Å². The van der Waals surface area contributed by atoms with Gasteiger partial charge in [0, 0.05) is 5.56 Å². The maximum atomic E-state index is 12.9. The topological polar surface area (TPSA) is 43.4 Å². The average molecular weight is 295 g/mol. The molecule has 0 spiro atoms. The number of alkyl halides is 1. The van der Waals surface area contributed by atoms with Gasteiger partial charge in [-0.3, -0.25) is 0 Å². The number of hydrogen-bond donors (Lipinski definition) is 0. The minimum absolute atomic E-state index is 0.0417. The van der Waals surface area contributed by atoms with Gasteiger partial charge in [0.2, 0.25) is 0 Å². The fourth-order valence-electron chi connectivity index (χ4n) is 1.48. The summed E-state index contributed by atoms with van der Waals surface area (Å²) < 4.78 is 41.2. The molecule has 0 atom stereocenters. The Morgan fingerprint density at radius 1 is 1.33 bits per heavy atom. The molecule has 0 aliphatic heterocycles. The molecule has 1 aromatic carbocycles. The molecule has 1 aromatic rings. The summed E-state index contributed by atoms with van der Waals surface area (Å²) in [4.78, 5) is 0. The van der Waals surface area contributed by atoms with Crippen molar-refractivity contribution in [2.75, 3.05) is 18.1 Å². The molecule has 0 bridgehead atoms. The van der Waals surface area contributed by atoms with Crippen molar-refractivity contribution >= 4 is 21.4 Å². The van der Waals surface area contributed by atoms with E-state index in [9.17, 15) is 12.8 Å². The van der Waals surface area contributed by atoms with E-state index in [-0.39, 0.29) is 24.0 Å². The van der Waals surface area contributed by atoms with Crippen LogP contribution in [-0.2, 0) is 15.7 Å². The molecule has 0 aliphatic rings. The van der Waals surface area contributed by atoms with E-state index in [1.807, 2.05) is 6.92 Å². The fraction of sp³-hybridized carbons (Fsp3) is 0.500. The summed E-state index contributed by atoms with van der Waals surface area (Å²) in [6.07, 6.45) is 0.589. The van der Waals surface area contributed by atoms with Crippen LogP contribution < -0.4 is 4.74 Å². The second-order valence-electron chi connectivity index (χ2n) is 3.89. The lowest BCUT2D eigenvalue weighted by Gasteiger charge is -2.10. The zero-order chi connectivity index (χ0) is 13.6. The summed E-state index contributed by atoms with van der Waals surface area (Å²) in [6, 6.07) is 3.99. The normalized spacial score (nSPS) is 11.5. The third-order valence-electron chi connectivity index (χ3n) is 2.33. The molecule has 0 aromatic heterocycles. The van der Waals surface area contributed by atoms with E-state index >= 15 is 0 Å². The average Bonchev–Trinajstić information content (AvgIpc) is 2.30. The largest absolute Gasteiger partial charge is 0.492 e. The summed E-state index contributed by atoms with van der Waals surface area (Å²) in [5.41, 5.74) is 0.518. The Morgan fingerprint density at radius 2 is 2.06 bits per heavy atom. The molecule has 0 radical (unpaired) electrons. The second-order valence-corrected chi connectivity index (χ2v) is 6.46. The van der Waals surface area contributed by atoms with Crippen molar-refractivity contribution in [2.24, 2.45) is 0 Å². The Labute approximate surface area is 112 Å². The third kappa shape index (κ3) is 4.82. The van der Waals surface area contributed by atoms with Gasteiger partial charge in [-0.15, -0.1) is 11.6 Å². The van der Waals surface area contributed by atoms with Crippen LogP contribution in [0.25, 0.3) is 0 Å². The lowest BCUT2D eigenvalue weighted by atomic mass is 10.2. The Kier molecular flexibility index (Phi) is 5.88. The number of ether oxygens (including phenoxy) is 1. The van der Waals surface area contributed by atoms with Crippen molar-refractivity contribution in [1.82, 2.24) is 0 Å². The summed E-state index contributed by atoms with van der Waals surface area (Å²) in [7, 11) is -3.06. The molecule has 0 aliphatic carbocycles. The fourth-order valence-corrected chi connectivity index (χ4v) is 2.86. The molecular weight excluding hydrogens is 279 g/mol. The minimum Gasteiger partial charge on any atom is -0.492 e. The molecule has 1 rings (SSSR count). The summed E-state index contributed by atoms with van der Waals surface area (Å²) >= 11 is 5.66. The van der Waals surface area contributed by atoms with Crippen molar-refractivity contribution in [3.63, 3.8) is 0 Å². The maximum absolute atomic E-state index is 12.9. The quantitative estimate of drug-likeness (QED) is 0.726. The van der Waals surface area contributed by atoms with E-state index in [4.69, 9.17) is 16.3 Å². The first-order chi connectivity index (χ1) is 8.48. The first-order valence-electron chi connectivity index (χ1n) is 5.66. The molecule has 0 fully saturated rings. The highest BCUT2D eigenvalue weighted by atomic mass is 35.5. The van der Waals surface area contributed by atoms with E-state index in [0.29, 0.717) is 17.7 Å². The Bertz CT molecular complexity index is 488. The third-order valence-corrected chi connectivity index (χ3v) is 4.44. The van der Waals surface area contributed by atoms with Gasteiger partial charge in [0.15, 0.2) is 9.84 Å². The summed E-state index contributed by atoms with van der Waals surface area (Å²) in [5.74, 6) is 0.270.